The second-order valence-electron chi connectivity index (χ2n) is 13.5. The monoisotopic (exact) mass is 628 g/mol. The molecule has 0 aliphatic carbocycles. The fourth-order valence-electron chi connectivity index (χ4n) is 8.74. The number of unbranched alkanes of at least 4 members (excludes halogenated alkanes) is 1. The summed E-state index contributed by atoms with van der Waals surface area (Å²) in [5.41, 5.74) is 13.1. The van der Waals surface area contributed by atoms with Crippen molar-refractivity contribution in [3.8, 4) is 16.8 Å². The average molecular weight is 629 g/mol. The SMILES string of the molecule is CCCCc1cccc2c1oc1cccc(-n3c4ccccc4c4c5c6cc(-c7ccccc7)cc7c8ccccc8n(c5ccc43)c76)c12. The largest absolute Gasteiger partial charge is 0.456 e. The lowest BCUT2D eigenvalue weighted by Crippen LogP contribution is -1.94. The van der Waals surface area contributed by atoms with Gasteiger partial charge in [0, 0.05) is 37.7 Å². The summed E-state index contributed by atoms with van der Waals surface area (Å²) < 4.78 is 11.6. The average Bonchev–Trinajstić information content (AvgIpc) is 3.89. The molecule has 11 aromatic rings. The van der Waals surface area contributed by atoms with Crippen LogP contribution < -0.4 is 0 Å². The van der Waals surface area contributed by atoms with Crippen LogP contribution in [0.1, 0.15) is 25.3 Å². The molecule has 0 fully saturated rings. The van der Waals surface area contributed by atoms with Crippen molar-refractivity contribution in [1.82, 2.24) is 8.97 Å². The Labute approximate surface area is 282 Å². The van der Waals surface area contributed by atoms with Crippen molar-refractivity contribution in [3.63, 3.8) is 0 Å². The highest BCUT2D eigenvalue weighted by atomic mass is 16.3. The number of furan rings is 1. The lowest BCUT2D eigenvalue weighted by molar-refractivity contribution is 0.658. The minimum Gasteiger partial charge on any atom is -0.456 e. The summed E-state index contributed by atoms with van der Waals surface area (Å²) in [6, 6.07) is 51.3. The Balaban J connectivity index is 1.31. The molecule has 3 nitrogen and oxygen atoms in total. The van der Waals surface area contributed by atoms with Gasteiger partial charge in [0.15, 0.2) is 0 Å². The predicted octanol–water partition coefficient (Wildman–Crippen LogP) is 12.8. The van der Waals surface area contributed by atoms with Crippen LogP contribution in [0.3, 0.4) is 0 Å². The maximum Gasteiger partial charge on any atom is 0.138 e. The molecule has 11 rings (SSSR count). The summed E-state index contributed by atoms with van der Waals surface area (Å²) in [5.74, 6) is 0. The Morgan fingerprint density at radius 3 is 2.10 bits per heavy atom. The lowest BCUT2D eigenvalue weighted by atomic mass is 9.98. The van der Waals surface area contributed by atoms with Crippen molar-refractivity contribution in [2.75, 3.05) is 0 Å². The highest BCUT2D eigenvalue weighted by Crippen LogP contribution is 2.47. The van der Waals surface area contributed by atoms with Crippen LogP contribution in [0.25, 0.3) is 98.7 Å². The fraction of sp³-hybridized carbons (Fsp3) is 0.0870. The van der Waals surface area contributed by atoms with E-state index in [9.17, 15) is 0 Å². The van der Waals surface area contributed by atoms with E-state index in [2.05, 4.69) is 155 Å². The molecule has 49 heavy (non-hydrogen) atoms. The van der Waals surface area contributed by atoms with Crippen molar-refractivity contribution < 1.29 is 4.42 Å². The van der Waals surface area contributed by atoms with Gasteiger partial charge in [-0.15, -0.1) is 0 Å². The van der Waals surface area contributed by atoms with E-state index in [0.29, 0.717) is 0 Å². The number of rotatable bonds is 5. The molecule has 0 aliphatic rings. The number of aromatic nitrogens is 2. The summed E-state index contributed by atoms with van der Waals surface area (Å²) in [6.07, 6.45) is 3.34. The first-order chi connectivity index (χ1) is 24.3. The molecule has 4 heterocycles. The number of hydrogen-bond acceptors (Lipinski definition) is 1. The number of hydrogen-bond donors (Lipinski definition) is 0. The van der Waals surface area contributed by atoms with Crippen molar-refractivity contribution >= 4 is 81.8 Å². The molecule has 232 valence electrons. The molecular weight excluding hydrogens is 597 g/mol. The van der Waals surface area contributed by atoms with Gasteiger partial charge in [-0.25, -0.2) is 0 Å². The molecule has 4 aromatic heterocycles. The van der Waals surface area contributed by atoms with E-state index in [4.69, 9.17) is 4.42 Å². The Morgan fingerprint density at radius 1 is 0.510 bits per heavy atom. The van der Waals surface area contributed by atoms with Gasteiger partial charge < -0.3 is 13.4 Å². The Bertz CT molecular complexity index is 3080. The second kappa shape index (κ2) is 9.98. The molecule has 3 heteroatoms. The zero-order chi connectivity index (χ0) is 32.2. The predicted molar refractivity (Wildman–Crippen MR) is 207 cm³/mol. The first kappa shape index (κ1) is 26.9. The summed E-state index contributed by atoms with van der Waals surface area (Å²) in [4.78, 5) is 0. The van der Waals surface area contributed by atoms with Gasteiger partial charge in [-0.05, 0) is 78.1 Å². The molecule has 0 unspecified atom stereocenters. The molecule has 0 saturated heterocycles. The van der Waals surface area contributed by atoms with Gasteiger partial charge in [-0.1, -0.05) is 104 Å². The molecule has 0 saturated carbocycles. The van der Waals surface area contributed by atoms with Gasteiger partial charge in [0.1, 0.15) is 11.2 Å². The van der Waals surface area contributed by atoms with Gasteiger partial charge in [0.2, 0.25) is 0 Å². The number of para-hydroxylation sites is 3. The third-order valence-electron chi connectivity index (χ3n) is 10.8. The van der Waals surface area contributed by atoms with Crippen LogP contribution in [-0.2, 0) is 6.42 Å². The molecule has 0 aliphatic heterocycles. The first-order valence-electron chi connectivity index (χ1n) is 17.4. The molecule has 0 amide bonds. The highest BCUT2D eigenvalue weighted by molar-refractivity contribution is 6.33. The molecule has 0 N–H and O–H groups in total. The van der Waals surface area contributed by atoms with E-state index in [1.165, 1.54) is 87.4 Å². The van der Waals surface area contributed by atoms with Gasteiger partial charge in [-0.2, -0.15) is 0 Å². The number of benzene rings is 7. The zero-order valence-corrected chi connectivity index (χ0v) is 27.2. The van der Waals surface area contributed by atoms with E-state index in [0.717, 1.165) is 36.1 Å². The van der Waals surface area contributed by atoms with Crippen LogP contribution in [-0.4, -0.2) is 8.97 Å². The minimum absolute atomic E-state index is 0.934. The highest BCUT2D eigenvalue weighted by Gasteiger charge is 2.24. The van der Waals surface area contributed by atoms with Crippen LogP contribution in [0.2, 0.25) is 0 Å². The van der Waals surface area contributed by atoms with Gasteiger partial charge in [0.25, 0.3) is 0 Å². The van der Waals surface area contributed by atoms with Crippen LogP contribution >= 0.6 is 0 Å². The van der Waals surface area contributed by atoms with E-state index < -0.39 is 0 Å². The van der Waals surface area contributed by atoms with E-state index in [-0.39, 0.29) is 0 Å². The normalized spacial score (nSPS) is 12.4. The third kappa shape index (κ3) is 3.57. The third-order valence-corrected chi connectivity index (χ3v) is 10.8. The van der Waals surface area contributed by atoms with Crippen LogP contribution in [0.4, 0.5) is 0 Å². The topological polar surface area (TPSA) is 22.5 Å². The van der Waals surface area contributed by atoms with Crippen LogP contribution in [0, 0.1) is 0 Å². The van der Waals surface area contributed by atoms with Crippen LogP contribution in [0.5, 0.6) is 0 Å². The number of fused-ring (bicyclic) bond motifs is 13. The molecular formula is C46H32N2O. The van der Waals surface area contributed by atoms with E-state index in [1.54, 1.807) is 0 Å². The van der Waals surface area contributed by atoms with Gasteiger partial charge in [-0.3, -0.25) is 0 Å². The summed E-state index contributed by atoms with van der Waals surface area (Å²) >= 11 is 0. The maximum absolute atomic E-state index is 6.67. The second-order valence-corrected chi connectivity index (χ2v) is 13.5. The van der Waals surface area contributed by atoms with Gasteiger partial charge >= 0.3 is 0 Å². The molecule has 7 aromatic carbocycles. The van der Waals surface area contributed by atoms with Gasteiger partial charge in [0.05, 0.1) is 38.7 Å². The number of nitrogens with zero attached hydrogens (tertiary/aromatic N) is 2. The van der Waals surface area contributed by atoms with Crippen molar-refractivity contribution in [2.24, 2.45) is 0 Å². The fourth-order valence-corrected chi connectivity index (χ4v) is 8.74. The molecule has 0 radical (unpaired) electrons. The van der Waals surface area contributed by atoms with Crippen molar-refractivity contribution in [3.05, 3.63) is 145 Å². The summed E-state index contributed by atoms with van der Waals surface area (Å²) in [5, 5.41) is 10.1. The zero-order valence-electron chi connectivity index (χ0n) is 27.2. The van der Waals surface area contributed by atoms with Crippen molar-refractivity contribution in [2.45, 2.75) is 26.2 Å². The Kier molecular flexibility index (Phi) is 5.49. The maximum atomic E-state index is 6.67. The molecule has 0 bridgehead atoms. The Hall–Kier alpha value is -6.06. The molecule has 0 atom stereocenters. The quantitative estimate of drug-likeness (QED) is 0.186. The van der Waals surface area contributed by atoms with Crippen LogP contribution in [0.15, 0.2) is 144 Å². The summed E-state index contributed by atoms with van der Waals surface area (Å²) in [7, 11) is 0. The summed E-state index contributed by atoms with van der Waals surface area (Å²) in [6.45, 7) is 2.25. The van der Waals surface area contributed by atoms with E-state index >= 15 is 0 Å². The lowest BCUT2D eigenvalue weighted by Gasteiger charge is -2.10. The standard InChI is InChI=1S/C46H32N2O/c1-2-3-13-29-16-11-19-33-42-38(22-12-23-41(42)49-46(29)33)47-37-21-10-8-18-32(37)43-39(47)24-25-40-44(43)35-27-30(28-14-5-4-6-15-28)26-34-31-17-7-9-20-36(31)48(40)45(34)35/h4-12,14-27H,2-3,13H2,1H3. The van der Waals surface area contributed by atoms with Crippen molar-refractivity contribution in [1.29, 1.82) is 0 Å². The number of aryl methyl sites for hydroxylation is 1. The molecule has 0 spiro atoms. The first-order valence-corrected chi connectivity index (χ1v) is 17.4. The minimum atomic E-state index is 0.934. The smallest absolute Gasteiger partial charge is 0.138 e. The Morgan fingerprint density at radius 2 is 1.22 bits per heavy atom. The van der Waals surface area contributed by atoms with E-state index in [1.807, 2.05) is 0 Å².